The summed E-state index contributed by atoms with van der Waals surface area (Å²) >= 11 is 5.58. The third kappa shape index (κ3) is 3.52. The Labute approximate surface area is 105 Å². The van der Waals surface area contributed by atoms with Crippen molar-refractivity contribution in [2.45, 2.75) is 6.18 Å². The monoisotopic (exact) mass is 279 g/mol. The summed E-state index contributed by atoms with van der Waals surface area (Å²) in [6.07, 6.45) is -4.58. The Kier molecular flexibility index (Phi) is 4.02. The van der Waals surface area contributed by atoms with Crippen molar-refractivity contribution in [3.63, 3.8) is 0 Å². The number of nitrogens with two attached hydrogens (primary N) is 3. The van der Waals surface area contributed by atoms with Gasteiger partial charge in [-0.15, -0.1) is 0 Å². The van der Waals surface area contributed by atoms with Gasteiger partial charge in [0.1, 0.15) is 0 Å². The van der Waals surface area contributed by atoms with E-state index in [2.05, 4.69) is 9.98 Å². The standard InChI is InChI=1S/C9H9ClF3N5/c10-6-4(9(11,12)13)2-1-3-5(6)17-8(16)18-7(14)15/h1-3H,(H6,14,15,16,17,18). The molecule has 0 heterocycles. The first-order valence-electron chi connectivity index (χ1n) is 4.51. The first-order chi connectivity index (χ1) is 8.21. The number of halogens is 4. The van der Waals surface area contributed by atoms with E-state index in [-0.39, 0.29) is 11.6 Å². The fraction of sp³-hybridized carbons (Fsp3) is 0.111. The summed E-state index contributed by atoms with van der Waals surface area (Å²) in [5.41, 5.74) is 14.2. The summed E-state index contributed by atoms with van der Waals surface area (Å²) in [6, 6.07) is 3.24. The lowest BCUT2D eigenvalue weighted by Gasteiger charge is -2.09. The molecule has 0 aromatic heterocycles. The normalized spacial score (nSPS) is 12.3. The predicted octanol–water partition coefficient (Wildman–Crippen LogP) is 1.58. The number of hydrogen-bond donors (Lipinski definition) is 3. The van der Waals surface area contributed by atoms with Gasteiger partial charge < -0.3 is 17.2 Å². The van der Waals surface area contributed by atoms with Crippen LogP contribution in [0.4, 0.5) is 18.9 Å². The van der Waals surface area contributed by atoms with Crippen LogP contribution in [0.15, 0.2) is 28.2 Å². The van der Waals surface area contributed by atoms with Gasteiger partial charge in [0, 0.05) is 0 Å². The predicted molar refractivity (Wildman–Crippen MR) is 63.5 cm³/mol. The fourth-order valence-corrected chi connectivity index (χ4v) is 1.38. The Hall–Kier alpha value is -1.96. The van der Waals surface area contributed by atoms with Crippen molar-refractivity contribution in [3.05, 3.63) is 28.8 Å². The zero-order valence-electron chi connectivity index (χ0n) is 8.87. The quantitative estimate of drug-likeness (QED) is 0.537. The number of hydrogen-bond acceptors (Lipinski definition) is 1. The van der Waals surface area contributed by atoms with Crippen LogP contribution in [0, 0.1) is 0 Å². The van der Waals surface area contributed by atoms with Crippen molar-refractivity contribution in [1.29, 1.82) is 0 Å². The van der Waals surface area contributed by atoms with E-state index in [9.17, 15) is 13.2 Å². The molecule has 98 valence electrons. The summed E-state index contributed by atoms with van der Waals surface area (Å²) < 4.78 is 37.6. The second kappa shape index (κ2) is 5.13. The summed E-state index contributed by atoms with van der Waals surface area (Å²) in [6.45, 7) is 0. The minimum Gasteiger partial charge on any atom is -0.370 e. The largest absolute Gasteiger partial charge is 0.417 e. The highest BCUT2D eigenvalue weighted by atomic mass is 35.5. The van der Waals surface area contributed by atoms with Gasteiger partial charge in [-0.25, -0.2) is 4.99 Å². The van der Waals surface area contributed by atoms with E-state index in [1.54, 1.807) is 0 Å². The SMILES string of the molecule is NC(N)=NC(N)=Nc1cccc(C(F)(F)F)c1Cl. The molecule has 0 radical (unpaired) electrons. The van der Waals surface area contributed by atoms with E-state index in [0.717, 1.165) is 12.1 Å². The molecule has 0 amide bonds. The second-order valence-corrected chi connectivity index (χ2v) is 3.52. The molecule has 0 unspecified atom stereocenters. The van der Waals surface area contributed by atoms with E-state index >= 15 is 0 Å². The smallest absolute Gasteiger partial charge is 0.370 e. The van der Waals surface area contributed by atoms with E-state index in [0.29, 0.717) is 0 Å². The second-order valence-electron chi connectivity index (χ2n) is 3.14. The number of rotatable bonds is 1. The van der Waals surface area contributed by atoms with Crippen molar-refractivity contribution in [1.82, 2.24) is 0 Å². The molecule has 9 heteroatoms. The Morgan fingerprint density at radius 3 is 2.28 bits per heavy atom. The minimum atomic E-state index is -4.58. The molecule has 1 aromatic carbocycles. The van der Waals surface area contributed by atoms with Crippen molar-refractivity contribution in [3.8, 4) is 0 Å². The van der Waals surface area contributed by atoms with Gasteiger partial charge in [0.15, 0.2) is 5.96 Å². The summed E-state index contributed by atoms with van der Waals surface area (Å²) in [5, 5.41) is -0.571. The molecule has 0 saturated heterocycles. The Morgan fingerprint density at radius 1 is 1.17 bits per heavy atom. The van der Waals surface area contributed by atoms with Gasteiger partial charge in [0.25, 0.3) is 0 Å². The lowest BCUT2D eigenvalue weighted by Crippen LogP contribution is -2.26. The van der Waals surface area contributed by atoms with Gasteiger partial charge in [-0.2, -0.15) is 18.2 Å². The molecule has 0 saturated carbocycles. The minimum absolute atomic E-state index is 0.172. The summed E-state index contributed by atoms with van der Waals surface area (Å²) in [4.78, 5) is 6.95. The van der Waals surface area contributed by atoms with Crippen LogP contribution in [0.25, 0.3) is 0 Å². The van der Waals surface area contributed by atoms with Crippen LogP contribution < -0.4 is 17.2 Å². The number of alkyl halides is 3. The average Bonchev–Trinajstić information content (AvgIpc) is 2.18. The van der Waals surface area contributed by atoms with Crippen LogP contribution in [-0.2, 0) is 6.18 Å². The Morgan fingerprint density at radius 2 is 1.78 bits per heavy atom. The first kappa shape index (κ1) is 14.1. The third-order valence-electron chi connectivity index (χ3n) is 1.76. The summed E-state index contributed by atoms with van der Waals surface area (Å²) in [5.74, 6) is -0.754. The number of benzene rings is 1. The van der Waals surface area contributed by atoms with Gasteiger partial charge in [0.2, 0.25) is 5.96 Å². The number of nitrogens with zero attached hydrogens (tertiary/aromatic N) is 2. The lowest BCUT2D eigenvalue weighted by atomic mass is 10.2. The molecule has 0 aliphatic heterocycles. The molecule has 1 rings (SSSR count). The van der Waals surface area contributed by atoms with Crippen molar-refractivity contribution >= 4 is 29.2 Å². The van der Waals surface area contributed by atoms with Crippen molar-refractivity contribution in [2.24, 2.45) is 27.2 Å². The zero-order chi connectivity index (χ0) is 13.9. The molecule has 0 aliphatic rings. The molecule has 0 fully saturated rings. The molecule has 18 heavy (non-hydrogen) atoms. The molecule has 0 bridgehead atoms. The molecule has 0 aliphatic carbocycles. The van der Waals surface area contributed by atoms with E-state index in [4.69, 9.17) is 28.8 Å². The maximum atomic E-state index is 12.5. The van der Waals surface area contributed by atoms with E-state index in [1.165, 1.54) is 6.07 Å². The van der Waals surface area contributed by atoms with Crippen LogP contribution in [0.1, 0.15) is 5.56 Å². The molecular weight excluding hydrogens is 271 g/mol. The molecule has 5 nitrogen and oxygen atoms in total. The Bertz CT molecular complexity index is 505. The molecular formula is C9H9ClF3N5. The van der Waals surface area contributed by atoms with Gasteiger partial charge in [0.05, 0.1) is 16.3 Å². The van der Waals surface area contributed by atoms with Crippen molar-refractivity contribution < 1.29 is 13.2 Å². The van der Waals surface area contributed by atoms with Gasteiger partial charge in [-0.3, -0.25) is 0 Å². The number of guanidine groups is 2. The average molecular weight is 280 g/mol. The molecule has 0 spiro atoms. The molecule has 0 atom stereocenters. The highest BCUT2D eigenvalue weighted by Gasteiger charge is 2.33. The van der Waals surface area contributed by atoms with Gasteiger partial charge in [-0.05, 0) is 12.1 Å². The maximum absolute atomic E-state index is 12.5. The molecule has 6 N–H and O–H groups in total. The topological polar surface area (TPSA) is 103 Å². The van der Waals surface area contributed by atoms with Crippen LogP contribution in [0.3, 0.4) is 0 Å². The summed E-state index contributed by atoms with van der Waals surface area (Å²) in [7, 11) is 0. The van der Waals surface area contributed by atoms with Gasteiger partial charge >= 0.3 is 6.18 Å². The van der Waals surface area contributed by atoms with Crippen LogP contribution in [-0.4, -0.2) is 11.9 Å². The van der Waals surface area contributed by atoms with E-state index in [1.807, 2.05) is 0 Å². The highest BCUT2D eigenvalue weighted by molar-refractivity contribution is 6.34. The first-order valence-corrected chi connectivity index (χ1v) is 4.89. The number of aliphatic imine (C=N–C) groups is 2. The van der Waals surface area contributed by atoms with Gasteiger partial charge in [-0.1, -0.05) is 17.7 Å². The van der Waals surface area contributed by atoms with Crippen LogP contribution >= 0.6 is 11.6 Å². The van der Waals surface area contributed by atoms with E-state index < -0.39 is 22.7 Å². The maximum Gasteiger partial charge on any atom is 0.417 e. The van der Waals surface area contributed by atoms with Crippen molar-refractivity contribution in [2.75, 3.05) is 0 Å². The van der Waals surface area contributed by atoms with Crippen LogP contribution in [0.5, 0.6) is 0 Å². The Balaban J connectivity index is 3.25. The zero-order valence-corrected chi connectivity index (χ0v) is 9.63. The van der Waals surface area contributed by atoms with Crippen LogP contribution in [0.2, 0.25) is 5.02 Å². The fourth-order valence-electron chi connectivity index (χ4n) is 1.11. The lowest BCUT2D eigenvalue weighted by molar-refractivity contribution is -0.137. The molecule has 1 aromatic rings. The third-order valence-corrected chi connectivity index (χ3v) is 2.16. The highest BCUT2D eigenvalue weighted by Crippen LogP contribution is 2.39.